The van der Waals surface area contributed by atoms with Crippen LogP contribution in [0, 0.1) is 0 Å². The van der Waals surface area contributed by atoms with Gasteiger partial charge in [0.05, 0.1) is 26.4 Å². The second-order valence-corrected chi connectivity index (χ2v) is 12.4. The highest BCUT2D eigenvalue weighted by molar-refractivity contribution is 7.80. The molecule has 1 aromatic rings. The quantitative estimate of drug-likeness (QED) is 0.0572. The minimum Gasteiger partial charge on any atom is -0.862 e. The standard InChI is InChI=1S/C27H41NO19S/c1-10-17(31)19(33)21(35)26(42-10)47-24-16(28-11(2)30)25(43-13-6-4-12(40-3)5-7-13)45-15(9-41-48(37,38)39)23(24)46-27-22(36)20(34)18(32)14(8-29)44-27/h4-7,10,14-27,29,31-36H,8-9H2,1-3H3,(H,28,30)(H,37,38,39)/p-1/t10-,14+,15+,16+,17+,18-,19+,20-,21-,22+,23+,24+,25+,26-,27-/m0/s1. The molecule has 3 saturated heterocycles. The Bertz CT molecular complexity index is 1310. The van der Waals surface area contributed by atoms with Gasteiger partial charge in [-0.15, -0.1) is 0 Å². The molecular weight excluding hydrogens is 674 g/mol. The van der Waals surface area contributed by atoms with Crippen molar-refractivity contribution in [2.75, 3.05) is 20.3 Å². The number of aliphatic hydroxyl groups excluding tert-OH is 7. The van der Waals surface area contributed by atoms with Crippen molar-refractivity contribution in [1.29, 1.82) is 0 Å². The number of hydrogen-bond acceptors (Lipinski definition) is 19. The van der Waals surface area contributed by atoms with E-state index in [2.05, 4.69) is 9.18 Å². The molecule has 3 aliphatic rings. The van der Waals surface area contributed by atoms with E-state index in [1.54, 1.807) is 0 Å². The Morgan fingerprint density at radius 2 is 1.35 bits per heavy atom. The van der Waals surface area contributed by atoms with Crippen LogP contribution in [0.5, 0.6) is 11.5 Å². The Labute approximate surface area is 274 Å². The van der Waals surface area contributed by atoms with Crippen LogP contribution in [0.2, 0.25) is 0 Å². The topological polar surface area (TPSA) is 305 Å². The number of benzene rings is 1. The van der Waals surface area contributed by atoms with E-state index in [9.17, 15) is 53.8 Å². The van der Waals surface area contributed by atoms with Gasteiger partial charge in [-0.3, -0.25) is 9.55 Å². The summed E-state index contributed by atoms with van der Waals surface area (Å²) in [5.41, 5.74) is 0. The molecular formula is C27H40NO19S-. The minimum atomic E-state index is -5.13. The van der Waals surface area contributed by atoms with Gasteiger partial charge < -0.3 is 74.0 Å². The van der Waals surface area contributed by atoms with E-state index in [1.807, 2.05) is 0 Å². The van der Waals surface area contributed by atoms with Crippen LogP contribution in [-0.2, 0) is 38.3 Å². The molecule has 0 radical (unpaired) electrons. The van der Waals surface area contributed by atoms with Crippen LogP contribution >= 0.6 is 0 Å². The summed E-state index contributed by atoms with van der Waals surface area (Å²) in [6.07, 6.45) is -24.1. The molecule has 48 heavy (non-hydrogen) atoms. The van der Waals surface area contributed by atoms with Gasteiger partial charge in [0.15, 0.2) is 12.6 Å². The van der Waals surface area contributed by atoms with E-state index in [0.717, 1.165) is 6.92 Å². The van der Waals surface area contributed by atoms with E-state index < -0.39 is 122 Å². The summed E-state index contributed by atoms with van der Waals surface area (Å²) in [4.78, 5) is 4.03. The average molecular weight is 715 g/mol. The summed E-state index contributed by atoms with van der Waals surface area (Å²) in [6.45, 7) is 0.539. The summed E-state index contributed by atoms with van der Waals surface area (Å²) < 4.78 is 77.2. The lowest BCUT2D eigenvalue weighted by Gasteiger charge is -2.49. The molecule has 8 N–H and O–H groups in total. The van der Waals surface area contributed by atoms with Crippen LogP contribution < -0.4 is 14.6 Å². The predicted octanol–water partition coefficient (Wildman–Crippen LogP) is -4.84. The molecule has 0 unspecified atom stereocenters. The second kappa shape index (κ2) is 16.1. The molecule has 3 fully saturated rings. The average Bonchev–Trinajstić information content (AvgIpc) is 3.03. The van der Waals surface area contributed by atoms with Gasteiger partial charge in [0.25, 0.3) is 0 Å². The number of aliphatic imine (C=N–C) groups is 1. The van der Waals surface area contributed by atoms with E-state index in [1.165, 1.54) is 38.3 Å². The van der Waals surface area contributed by atoms with Gasteiger partial charge in [0.1, 0.15) is 78.6 Å². The van der Waals surface area contributed by atoms with Crippen LogP contribution in [-0.4, -0.2) is 167 Å². The molecule has 0 saturated carbocycles. The second-order valence-electron chi connectivity index (χ2n) is 11.3. The fourth-order valence-electron chi connectivity index (χ4n) is 5.35. The lowest BCUT2D eigenvalue weighted by Crippen LogP contribution is -2.67. The molecule has 274 valence electrons. The summed E-state index contributed by atoms with van der Waals surface area (Å²) in [7, 11) is -3.70. The largest absolute Gasteiger partial charge is 0.862 e. The SMILES string of the molecule is COc1ccc(O[C@@H]2O[C@H](COS(=O)(=O)O)[C@@H](O[C@@H]3O[C@H](CO)[C@H](O)[C@H](O)[C@H]3O)[C@H](O[C@@H]3O[C@@H](C)[C@@H](O)[C@@H](O)[C@@H]3O)[C@H]2N=C(C)[O-])cc1. The molecule has 0 aromatic heterocycles. The first-order valence-corrected chi connectivity index (χ1v) is 16.0. The highest BCUT2D eigenvalue weighted by Crippen LogP contribution is 2.36. The molecule has 0 bridgehead atoms. The summed E-state index contributed by atoms with van der Waals surface area (Å²) in [5, 5.41) is 84.9. The van der Waals surface area contributed by atoms with Gasteiger partial charge in [0.2, 0.25) is 6.29 Å². The molecule has 21 heteroatoms. The van der Waals surface area contributed by atoms with Crippen molar-refractivity contribution in [3.8, 4) is 11.5 Å². The lowest BCUT2D eigenvalue weighted by atomic mass is 9.94. The van der Waals surface area contributed by atoms with Gasteiger partial charge in [-0.25, -0.2) is 4.18 Å². The lowest BCUT2D eigenvalue weighted by molar-refractivity contribution is -0.367. The maximum atomic E-state index is 12.5. The molecule has 3 heterocycles. The Kier molecular flexibility index (Phi) is 12.9. The Morgan fingerprint density at radius 1 is 0.812 bits per heavy atom. The smallest absolute Gasteiger partial charge is 0.397 e. The highest BCUT2D eigenvalue weighted by Gasteiger charge is 2.55. The van der Waals surface area contributed by atoms with Gasteiger partial charge >= 0.3 is 10.4 Å². The van der Waals surface area contributed by atoms with Crippen molar-refractivity contribution < 1.29 is 91.2 Å². The van der Waals surface area contributed by atoms with Gasteiger partial charge in [-0.05, 0) is 44.0 Å². The van der Waals surface area contributed by atoms with Crippen molar-refractivity contribution in [3.63, 3.8) is 0 Å². The molecule has 15 atom stereocenters. The molecule has 4 rings (SSSR count). The van der Waals surface area contributed by atoms with E-state index in [4.69, 9.17) is 33.2 Å². The fraction of sp³-hybridized carbons (Fsp3) is 0.741. The van der Waals surface area contributed by atoms with Crippen molar-refractivity contribution in [3.05, 3.63) is 24.3 Å². The molecule has 1 aromatic carbocycles. The number of nitrogens with zero attached hydrogens (tertiary/aromatic N) is 1. The van der Waals surface area contributed by atoms with E-state index in [-0.39, 0.29) is 5.75 Å². The third-order valence-corrected chi connectivity index (χ3v) is 8.31. The first-order valence-electron chi connectivity index (χ1n) is 14.6. The number of rotatable bonds is 12. The Balaban J connectivity index is 1.80. The van der Waals surface area contributed by atoms with Crippen LogP contribution in [0.15, 0.2) is 29.3 Å². The minimum absolute atomic E-state index is 0.118. The van der Waals surface area contributed by atoms with Crippen LogP contribution in [0.3, 0.4) is 0 Å². The van der Waals surface area contributed by atoms with Gasteiger partial charge in [-0.2, -0.15) is 8.42 Å². The number of aliphatic hydroxyl groups is 7. The zero-order chi connectivity index (χ0) is 35.5. The number of hydrogen-bond donors (Lipinski definition) is 8. The highest BCUT2D eigenvalue weighted by atomic mass is 32.3. The zero-order valence-corrected chi connectivity index (χ0v) is 26.6. The Hall–Kier alpha value is -2.32. The van der Waals surface area contributed by atoms with Crippen molar-refractivity contribution >= 4 is 16.3 Å². The number of methoxy groups -OCH3 is 1. The monoisotopic (exact) mass is 714 g/mol. The maximum Gasteiger partial charge on any atom is 0.397 e. The molecule has 0 aliphatic carbocycles. The molecule has 0 spiro atoms. The summed E-state index contributed by atoms with van der Waals surface area (Å²) in [6, 6.07) is 4.37. The van der Waals surface area contributed by atoms with Crippen molar-refractivity contribution in [2.45, 2.75) is 106 Å². The third-order valence-electron chi connectivity index (χ3n) is 7.88. The van der Waals surface area contributed by atoms with Crippen LogP contribution in [0.1, 0.15) is 13.8 Å². The molecule has 3 aliphatic heterocycles. The van der Waals surface area contributed by atoms with Gasteiger partial charge in [0, 0.05) is 0 Å². The van der Waals surface area contributed by atoms with Crippen molar-refractivity contribution in [1.82, 2.24) is 0 Å². The first-order chi connectivity index (χ1) is 22.5. The van der Waals surface area contributed by atoms with Crippen LogP contribution in [0.4, 0.5) is 0 Å². The molecule has 20 nitrogen and oxygen atoms in total. The fourth-order valence-corrected chi connectivity index (χ4v) is 5.65. The summed E-state index contributed by atoms with van der Waals surface area (Å²) >= 11 is 0. The zero-order valence-electron chi connectivity index (χ0n) is 25.8. The third kappa shape index (κ3) is 9.07. The Morgan fingerprint density at radius 3 is 1.92 bits per heavy atom. The van der Waals surface area contributed by atoms with Crippen molar-refractivity contribution in [2.24, 2.45) is 4.99 Å². The normalized spacial score (nSPS) is 41.1. The van der Waals surface area contributed by atoms with E-state index >= 15 is 0 Å². The van der Waals surface area contributed by atoms with E-state index in [0.29, 0.717) is 5.75 Å². The predicted molar refractivity (Wildman–Crippen MR) is 153 cm³/mol. The molecule has 0 amide bonds. The summed E-state index contributed by atoms with van der Waals surface area (Å²) in [5.74, 6) is -0.246. The maximum absolute atomic E-state index is 12.5. The van der Waals surface area contributed by atoms with Crippen LogP contribution in [0.25, 0.3) is 0 Å². The first kappa shape index (κ1) is 38.5. The van der Waals surface area contributed by atoms with Gasteiger partial charge in [-0.1, -0.05) is 0 Å². The number of ether oxygens (including phenoxy) is 7.